The second kappa shape index (κ2) is 6.49. The topological polar surface area (TPSA) is 38.5 Å². The van der Waals surface area contributed by atoms with Gasteiger partial charge in [-0.25, -0.2) is 0 Å². The lowest BCUT2D eigenvalue weighted by Gasteiger charge is -2.21. The van der Waals surface area contributed by atoms with Gasteiger partial charge >= 0.3 is 6.18 Å². The van der Waals surface area contributed by atoms with Gasteiger partial charge in [0, 0.05) is 6.54 Å². The van der Waals surface area contributed by atoms with E-state index in [0.717, 1.165) is 0 Å². The maximum Gasteiger partial charge on any atom is 0.401 e. The smallest absolute Gasteiger partial charge is 0.401 e. The first-order chi connectivity index (χ1) is 8.42. The van der Waals surface area contributed by atoms with E-state index in [9.17, 15) is 13.2 Å². The number of nitrogens with zero attached hydrogens (tertiary/aromatic N) is 1. The number of hydrogen-bond acceptors (Lipinski definition) is 3. The van der Waals surface area contributed by atoms with Gasteiger partial charge in [-0.2, -0.15) is 13.2 Å². The molecule has 0 fully saturated rings. The van der Waals surface area contributed by atoms with E-state index in [2.05, 4.69) is 0 Å². The second-order valence-electron chi connectivity index (χ2n) is 3.87. The molecule has 18 heavy (non-hydrogen) atoms. The Morgan fingerprint density at radius 2 is 1.94 bits per heavy atom. The Bertz CT molecular complexity index is 369. The first-order valence-electron chi connectivity index (χ1n) is 5.69. The largest absolute Gasteiger partial charge is 0.490 e. The lowest BCUT2D eigenvalue weighted by molar-refractivity contribution is -0.146. The van der Waals surface area contributed by atoms with Crippen molar-refractivity contribution in [1.29, 1.82) is 0 Å². The highest BCUT2D eigenvalue weighted by atomic mass is 19.4. The van der Waals surface area contributed by atoms with Gasteiger partial charge in [-0.05, 0) is 18.7 Å². The Morgan fingerprint density at radius 1 is 1.28 bits per heavy atom. The SMILES string of the molecule is CCN(CCOc1ccccc1N)CC(F)(F)F. The summed E-state index contributed by atoms with van der Waals surface area (Å²) in [5.41, 5.74) is 6.14. The molecule has 0 unspecified atom stereocenters. The summed E-state index contributed by atoms with van der Waals surface area (Å²) in [6.45, 7) is 1.48. The maximum absolute atomic E-state index is 12.2. The normalized spacial score (nSPS) is 11.8. The summed E-state index contributed by atoms with van der Waals surface area (Å²) in [5.74, 6) is 0.501. The van der Waals surface area contributed by atoms with Crippen molar-refractivity contribution < 1.29 is 17.9 Å². The van der Waals surface area contributed by atoms with Crippen LogP contribution in [0.3, 0.4) is 0 Å². The molecule has 0 amide bonds. The third-order valence-corrected chi connectivity index (χ3v) is 2.43. The molecular weight excluding hydrogens is 245 g/mol. The molecule has 0 aromatic heterocycles. The van der Waals surface area contributed by atoms with Crippen molar-refractivity contribution >= 4 is 5.69 Å². The number of rotatable bonds is 6. The number of halogens is 3. The first-order valence-corrected chi connectivity index (χ1v) is 5.69. The molecule has 102 valence electrons. The van der Waals surface area contributed by atoms with E-state index in [1.807, 2.05) is 0 Å². The van der Waals surface area contributed by atoms with Crippen molar-refractivity contribution in [3.05, 3.63) is 24.3 Å². The van der Waals surface area contributed by atoms with Gasteiger partial charge in [0.2, 0.25) is 0 Å². The molecule has 0 bridgehead atoms. The Kier molecular flexibility index (Phi) is 5.27. The number of benzene rings is 1. The Labute approximate surface area is 104 Å². The van der Waals surface area contributed by atoms with Crippen molar-refractivity contribution in [2.45, 2.75) is 13.1 Å². The Hall–Kier alpha value is -1.43. The number of anilines is 1. The molecule has 0 aliphatic rings. The summed E-state index contributed by atoms with van der Waals surface area (Å²) in [6.07, 6.45) is -4.18. The fraction of sp³-hybridized carbons (Fsp3) is 0.500. The fourth-order valence-electron chi connectivity index (χ4n) is 1.50. The van der Waals surface area contributed by atoms with Gasteiger partial charge in [0.15, 0.2) is 0 Å². The van der Waals surface area contributed by atoms with Crippen molar-refractivity contribution in [2.24, 2.45) is 0 Å². The number of alkyl halides is 3. The number of nitrogens with two attached hydrogens (primary N) is 1. The Morgan fingerprint density at radius 3 is 2.50 bits per heavy atom. The highest BCUT2D eigenvalue weighted by Crippen LogP contribution is 2.20. The molecule has 6 heteroatoms. The van der Waals surface area contributed by atoms with E-state index in [1.54, 1.807) is 31.2 Å². The van der Waals surface area contributed by atoms with Crippen molar-refractivity contribution in [1.82, 2.24) is 4.90 Å². The van der Waals surface area contributed by atoms with Gasteiger partial charge in [-0.1, -0.05) is 19.1 Å². The van der Waals surface area contributed by atoms with Gasteiger partial charge in [-0.15, -0.1) is 0 Å². The zero-order valence-corrected chi connectivity index (χ0v) is 10.2. The average molecular weight is 262 g/mol. The number of nitrogen functional groups attached to an aromatic ring is 1. The molecule has 0 radical (unpaired) electrons. The van der Waals surface area contributed by atoms with Crippen LogP contribution in [0.1, 0.15) is 6.92 Å². The van der Waals surface area contributed by atoms with Crippen LogP contribution in [0.4, 0.5) is 18.9 Å². The molecule has 0 aliphatic heterocycles. The highest BCUT2D eigenvalue weighted by molar-refractivity contribution is 5.51. The van der Waals surface area contributed by atoms with Gasteiger partial charge in [0.1, 0.15) is 12.4 Å². The van der Waals surface area contributed by atoms with Crippen LogP contribution in [0.15, 0.2) is 24.3 Å². The first kappa shape index (κ1) is 14.6. The van der Waals surface area contributed by atoms with Gasteiger partial charge < -0.3 is 10.5 Å². The van der Waals surface area contributed by atoms with Crippen LogP contribution in [-0.4, -0.2) is 37.3 Å². The van der Waals surface area contributed by atoms with Crippen LogP contribution >= 0.6 is 0 Å². The molecule has 0 heterocycles. The van der Waals surface area contributed by atoms with Gasteiger partial charge in [0.05, 0.1) is 12.2 Å². The molecule has 1 rings (SSSR count). The summed E-state index contributed by atoms with van der Waals surface area (Å²) < 4.78 is 42.0. The minimum atomic E-state index is -4.18. The number of ether oxygens (including phenoxy) is 1. The molecule has 3 nitrogen and oxygen atoms in total. The summed E-state index contributed by atoms with van der Waals surface area (Å²) in [7, 11) is 0. The molecular formula is C12H17F3N2O. The molecule has 2 N–H and O–H groups in total. The van der Waals surface area contributed by atoms with Gasteiger partial charge in [-0.3, -0.25) is 4.90 Å². The standard InChI is InChI=1S/C12H17F3N2O/c1-2-17(9-12(13,14)15)7-8-18-11-6-4-3-5-10(11)16/h3-6H,2,7-9,16H2,1H3. The third kappa shape index (κ3) is 5.27. The summed E-state index contributed by atoms with van der Waals surface area (Å²) >= 11 is 0. The molecule has 1 aromatic rings. The molecule has 0 saturated heterocycles. The average Bonchev–Trinajstić information content (AvgIpc) is 2.28. The molecule has 0 saturated carbocycles. The molecule has 0 spiro atoms. The van der Waals surface area contributed by atoms with E-state index < -0.39 is 12.7 Å². The summed E-state index contributed by atoms with van der Waals surface area (Å²) in [4.78, 5) is 1.28. The lowest BCUT2D eigenvalue weighted by atomic mass is 10.3. The van der Waals surface area contributed by atoms with Crippen molar-refractivity contribution in [3.63, 3.8) is 0 Å². The van der Waals surface area contributed by atoms with Crippen LogP contribution in [0.5, 0.6) is 5.75 Å². The van der Waals surface area contributed by atoms with E-state index in [4.69, 9.17) is 10.5 Å². The van der Waals surface area contributed by atoms with Crippen LogP contribution in [0.2, 0.25) is 0 Å². The van der Waals surface area contributed by atoms with E-state index >= 15 is 0 Å². The fourth-order valence-corrected chi connectivity index (χ4v) is 1.50. The predicted octanol–water partition coefficient (Wildman–Crippen LogP) is 2.53. The highest BCUT2D eigenvalue weighted by Gasteiger charge is 2.29. The molecule has 1 aromatic carbocycles. The van der Waals surface area contributed by atoms with E-state index in [-0.39, 0.29) is 13.2 Å². The number of likely N-dealkylation sites (N-methyl/N-ethyl adjacent to an activating group) is 1. The van der Waals surface area contributed by atoms with Crippen LogP contribution < -0.4 is 10.5 Å². The van der Waals surface area contributed by atoms with E-state index in [0.29, 0.717) is 18.0 Å². The van der Waals surface area contributed by atoms with Crippen LogP contribution in [-0.2, 0) is 0 Å². The van der Waals surface area contributed by atoms with Crippen LogP contribution in [0.25, 0.3) is 0 Å². The number of para-hydroxylation sites is 2. The third-order valence-electron chi connectivity index (χ3n) is 2.43. The maximum atomic E-state index is 12.2. The number of hydrogen-bond donors (Lipinski definition) is 1. The van der Waals surface area contributed by atoms with Crippen LogP contribution in [0, 0.1) is 0 Å². The molecule has 0 aliphatic carbocycles. The monoisotopic (exact) mass is 262 g/mol. The van der Waals surface area contributed by atoms with E-state index in [1.165, 1.54) is 4.90 Å². The van der Waals surface area contributed by atoms with Crippen molar-refractivity contribution in [3.8, 4) is 5.75 Å². The van der Waals surface area contributed by atoms with Crippen molar-refractivity contribution in [2.75, 3.05) is 32.0 Å². The summed E-state index contributed by atoms with van der Waals surface area (Å²) in [6, 6.07) is 6.90. The Balaban J connectivity index is 2.38. The second-order valence-corrected chi connectivity index (χ2v) is 3.87. The quantitative estimate of drug-likeness (QED) is 0.801. The van der Waals surface area contributed by atoms with Gasteiger partial charge in [0.25, 0.3) is 0 Å². The lowest BCUT2D eigenvalue weighted by Crippen LogP contribution is -2.36. The predicted molar refractivity (Wildman–Crippen MR) is 64.5 cm³/mol. The zero-order chi connectivity index (χ0) is 13.6. The minimum Gasteiger partial charge on any atom is -0.490 e. The minimum absolute atomic E-state index is 0.179. The summed E-state index contributed by atoms with van der Waals surface area (Å²) in [5, 5.41) is 0. The molecule has 0 atom stereocenters. The zero-order valence-electron chi connectivity index (χ0n) is 10.2.